The molecule has 0 saturated heterocycles. The minimum absolute atomic E-state index is 0.0909. The Bertz CT molecular complexity index is 1910. The van der Waals surface area contributed by atoms with Crippen LogP contribution in [0.5, 0.6) is 11.5 Å². The van der Waals surface area contributed by atoms with E-state index in [0.29, 0.717) is 23.0 Å². The number of rotatable bonds is 8. The van der Waals surface area contributed by atoms with Gasteiger partial charge in [0.2, 0.25) is 11.5 Å². The molecule has 1 saturated carbocycles. The van der Waals surface area contributed by atoms with Gasteiger partial charge in [-0.2, -0.15) is 18.3 Å². The van der Waals surface area contributed by atoms with Crippen LogP contribution in [0.1, 0.15) is 47.4 Å². The van der Waals surface area contributed by atoms with E-state index in [0.717, 1.165) is 18.9 Å². The summed E-state index contributed by atoms with van der Waals surface area (Å²) in [6.45, 7) is -0.718. The van der Waals surface area contributed by atoms with Crippen LogP contribution in [0.3, 0.4) is 0 Å². The number of carbonyl (C=O) groups is 2. The number of nitrogens with one attached hydrogen (secondary N) is 1. The molecule has 4 aromatic rings. The van der Waals surface area contributed by atoms with E-state index in [1.54, 1.807) is 10.9 Å². The molecule has 1 fully saturated rings. The van der Waals surface area contributed by atoms with E-state index in [1.807, 2.05) is 0 Å². The summed E-state index contributed by atoms with van der Waals surface area (Å²) in [4.78, 5) is 29.5. The fraction of sp³-hybridized carbons (Fsp3) is 0.333. The number of halogens is 6. The maximum absolute atomic E-state index is 15.1. The van der Waals surface area contributed by atoms with Crippen LogP contribution in [0, 0.1) is 11.6 Å². The first kappa shape index (κ1) is 31.5. The first-order chi connectivity index (χ1) is 21.6. The molecule has 242 valence electrons. The molecule has 2 atom stereocenters. The number of alkyl halides is 3. The lowest BCUT2D eigenvalue weighted by Gasteiger charge is -2.31. The molecule has 46 heavy (non-hydrogen) atoms. The molecule has 0 spiro atoms. The van der Waals surface area contributed by atoms with Gasteiger partial charge in [-0.15, -0.1) is 0 Å². The molecular formula is C30H25ClF5N5O5. The molecular weight excluding hydrogens is 641 g/mol. The lowest BCUT2D eigenvalue weighted by Crippen LogP contribution is -2.51. The van der Waals surface area contributed by atoms with Crippen LogP contribution >= 0.6 is 11.6 Å². The molecule has 6 rings (SSSR count). The van der Waals surface area contributed by atoms with Crippen molar-refractivity contribution in [3.63, 3.8) is 0 Å². The van der Waals surface area contributed by atoms with Crippen LogP contribution in [0.25, 0.3) is 22.2 Å². The highest BCUT2D eigenvalue weighted by Gasteiger charge is 2.58. The van der Waals surface area contributed by atoms with E-state index in [4.69, 9.17) is 26.8 Å². The number of aromatic nitrogens is 3. The summed E-state index contributed by atoms with van der Waals surface area (Å²) in [7, 11) is 1.35. The predicted octanol–water partition coefficient (Wildman–Crippen LogP) is 4.69. The van der Waals surface area contributed by atoms with Gasteiger partial charge in [0.05, 0.1) is 31.0 Å². The quantitative estimate of drug-likeness (QED) is 0.232. The van der Waals surface area contributed by atoms with Gasteiger partial charge in [0.1, 0.15) is 46.4 Å². The van der Waals surface area contributed by atoms with Gasteiger partial charge in [-0.3, -0.25) is 14.3 Å². The van der Waals surface area contributed by atoms with Crippen molar-refractivity contribution in [3.8, 4) is 22.8 Å². The second-order valence-electron chi connectivity index (χ2n) is 11.5. The van der Waals surface area contributed by atoms with Crippen molar-refractivity contribution in [3.05, 3.63) is 70.0 Å². The zero-order valence-electron chi connectivity index (χ0n) is 24.1. The third-order valence-electron chi connectivity index (χ3n) is 8.25. The summed E-state index contributed by atoms with van der Waals surface area (Å²) in [5.41, 5.74) is -2.97. The largest absolute Gasteiger partial charge is 0.494 e. The number of aliphatic hydroxyl groups is 1. The third kappa shape index (κ3) is 5.07. The van der Waals surface area contributed by atoms with Crippen molar-refractivity contribution in [2.45, 2.75) is 43.0 Å². The lowest BCUT2D eigenvalue weighted by molar-refractivity contribution is -0.265. The molecule has 1 unspecified atom stereocenters. The number of benzene rings is 2. The number of hydrogen-bond donors (Lipinski definition) is 3. The predicted molar refractivity (Wildman–Crippen MR) is 153 cm³/mol. The Hall–Kier alpha value is -4.50. The Morgan fingerprint density at radius 3 is 2.46 bits per heavy atom. The minimum atomic E-state index is -5.51. The number of carbonyl (C=O) groups excluding carboxylic acids is 2. The summed E-state index contributed by atoms with van der Waals surface area (Å²) in [5, 5.41) is 18.0. The SMILES string of the molecule is COc1cc(C(=O)NCC(O)(c2cc3c(c(-c4c(F)cc(Cl)cc4F)n2)OC[C@]3(C)C(N)=O)C(F)(F)F)cc2cn(C3CC3)nc12. The average Bonchev–Trinajstić information content (AvgIpc) is 3.65. The Morgan fingerprint density at radius 1 is 1.20 bits per heavy atom. The monoisotopic (exact) mass is 665 g/mol. The fourth-order valence-corrected chi connectivity index (χ4v) is 5.51. The van der Waals surface area contributed by atoms with Gasteiger partial charge in [0, 0.05) is 27.7 Å². The maximum atomic E-state index is 15.1. The zero-order valence-corrected chi connectivity index (χ0v) is 24.9. The second-order valence-corrected chi connectivity index (χ2v) is 11.9. The summed E-state index contributed by atoms with van der Waals surface area (Å²) in [6.07, 6.45) is -1.95. The lowest BCUT2D eigenvalue weighted by atomic mass is 9.81. The van der Waals surface area contributed by atoms with E-state index in [2.05, 4.69) is 15.4 Å². The number of nitrogens with two attached hydrogens (primary N) is 1. The molecule has 16 heteroatoms. The van der Waals surface area contributed by atoms with Gasteiger partial charge in [0.25, 0.3) is 5.91 Å². The molecule has 2 amide bonds. The Balaban J connectivity index is 1.43. The first-order valence-electron chi connectivity index (χ1n) is 13.8. The molecule has 2 aliphatic rings. The molecule has 2 aromatic heterocycles. The summed E-state index contributed by atoms with van der Waals surface area (Å²) < 4.78 is 87.0. The number of primary amides is 1. The van der Waals surface area contributed by atoms with Gasteiger partial charge in [-0.05, 0) is 50.1 Å². The van der Waals surface area contributed by atoms with Gasteiger partial charge in [-0.25, -0.2) is 13.8 Å². The topological polar surface area (TPSA) is 142 Å². The van der Waals surface area contributed by atoms with E-state index >= 15 is 8.78 Å². The van der Waals surface area contributed by atoms with Crippen molar-refractivity contribution in [2.75, 3.05) is 20.3 Å². The van der Waals surface area contributed by atoms with Crippen LogP contribution in [-0.2, 0) is 15.8 Å². The molecule has 10 nitrogen and oxygen atoms in total. The van der Waals surface area contributed by atoms with Gasteiger partial charge in [0.15, 0.2) is 0 Å². The Labute approximate surface area is 262 Å². The summed E-state index contributed by atoms with van der Waals surface area (Å²) in [6, 6.07) is 5.05. The molecule has 0 radical (unpaired) electrons. The number of amides is 2. The van der Waals surface area contributed by atoms with Crippen LogP contribution in [0.15, 0.2) is 36.5 Å². The molecule has 1 aliphatic heterocycles. The zero-order chi connectivity index (χ0) is 33.3. The van der Waals surface area contributed by atoms with Crippen molar-refractivity contribution in [2.24, 2.45) is 5.73 Å². The minimum Gasteiger partial charge on any atom is -0.494 e. The molecule has 3 heterocycles. The molecule has 2 aromatic carbocycles. The summed E-state index contributed by atoms with van der Waals surface area (Å²) in [5.74, 6) is -4.84. The number of pyridine rings is 1. The second kappa shape index (κ2) is 10.8. The number of fused-ring (bicyclic) bond motifs is 2. The number of methoxy groups -OCH3 is 1. The summed E-state index contributed by atoms with van der Waals surface area (Å²) >= 11 is 5.73. The highest BCUT2D eigenvalue weighted by atomic mass is 35.5. The molecule has 1 aliphatic carbocycles. The van der Waals surface area contributed by atoms with Crippen LogP contribution < -0.4 is 20.5 Å². The first-order valence-corrected chi connectivity index (χ1v) is 14.2. The Morgan fingerprint density at radius 2 is 1.87 bits per heavy atom. The fourth-order valence-electron chi connectivity index (χ4n) is 5.32. The van der Waals surface area contributed by atoms with E-state index in [-0.39, 0.29) is 27.9 Å². The van der Waals surface area contributed by atoms with Crippen LogP contribution in [0.4, 0.5) is 22.0 Å². The van der Waals surface area contributed by atoms with Crippen molar-refractivity contribution in [1.29, 1.82) is 0 Å². The highest BCUT2D eigenvalue weighted by Crippen LogP contribution is 2.48. The van der Waals surface area contributed by atoms with E-state index in [1.165, 1.54) is 26.2 Å². The standard InChI is InChI=1S/C30H25ClF5N5O5/c1-28(27(37)43)12-46-25-17(28)9-21(39-24(25)22-18(32)7-15(31)8-19(22)33)29(44,30(34,35)36)11-38-26(42)13-5-14-10-41(16-3-4-16)40-23(14)20(6-13)45-2/h5-10,16,44H,3-4,11-12H2,1-2H3,(H2,37,43)(H,38,42)/t28-,29?/m0/s1. The van der Waals surface area contributed by atoms with Gasteiger partial charge >= 0.3 is 6.18 Å². The average molecular weight is 666 g/mol. The van der Waals surface area contributed by atoms with Crippen LogP contribution in [-0.4, -0.2) is 58.1 Å². The number of ether oxygens (including phenoxy) is 2. The molecule has 4 N–H and O–H groups in total. The van der Waals surface area contributed by atoms with Crippen molar-refractivity contribution >= 4 is 34.3 Å². The van der Waals surface area contributed by atoms with Crippen LogP contribution in [0.2, 0.25) is 5.02 Å². The Kier molecular flexibility index (Phi) is 7.39. The van der Waals surface area contributed by atoms with Crippen molar-refractivity contribution < 1.29 is 46.1 Å². The molecule has 0 bridgehead atoms. The van der Waals surface area contributed by atoms with Gasteiger partial charge in [-0.1, -0.05) is 11.6 Å². The smallest absolute Gasteiger partial charge is 0.424 e. The van der Waals surface area contributed by atoms with Gasteiger partial charge < -0.3 is 25.6 Å². The van der Waals surface area contributed by atoms with E-state index < -0.39 is 76.5 Å². The maximum Gasteiger partial charge on any atom is 0.424 e. The highest BCUT2D eigenvalue weighted by molar-refractivity contribution is 6.30. The number of hydrogen-bond acceptors (Lipinski definition) is 7. The van der Waals surface area contributed by atoms with Crippen molar-refractivity contribution in [1.82, 2.24) is 20.1 Å². The normalized spacial score (nSPS) is 19.0. The van der Waals surface area contributed by atoms with E-state index in [9.17, 15) is 27.9 Å². The number of nitrogens with zero attached hydrogens (tertiary/aromatic N) is 3. The third-order valence-corrected chi connectivity index (χ3v) is 8.47.